The number of ether oxygens (including phenoxy) is 2. The number of rotatable bonds is 3. The lowest BCUT2D eigenvalue weighted by atomic mass is 10.1. The van der Waals surface area contributed by atoms with E-state index in [1.807, 2.05) is 0 Å². The molecule has 2 aliphatic rings. The summed E-state index contributed by atoms with van der Waals surface area (Å²) in [5.41, 5.74) is 0. The molecule has 0 aromatic heterocycles. The van der Waals surface area contributed by atoms with Gasteiger partial charge >= 0.3 is 5.97 Å². The van der Waals surface area contributed by atoms with Crippen LogP contribution < -0.4 is 5.32 Å². The molecule has 2 rings (SSSR count). The molecule has 0 aromatic rings. The van der Waals surface area contributed by atoms with Crippen molar-refractivity contribution in [3.63, 3.8) is 0 Å². The number of nitrogens with one attached hydrogen (secondary N) is 1. The van der Waals surface area contributed by atoms with Crippen LogP contribution in [0.3, 0.4) is 0 Å². The van der Waals surface area contributed by atoms with Gasteiger partial charge in [-0.2, -0.15) is 0 Å². The minimum Gasteiger partial charge on any atom is -0.468 e. The summed E-state index contributed by atoms with van der Waals surface area (Å²) >= 11 is 0. The second-order valence-corrected chi connectivity index (χ2v) is 4.49. The average Bonchev–Trinajstić information content (AvgIpc) is 2.91. The molecule has 2 aliphatic heterocycles. The predicted molar refractivity (Wildman–Crippen MR) is 59.1 cm³/mol. The van der Waals surface area contributed by atoms with Crippen LogP contribution in [0.15, 0.2) is 0 Å². The zero-order chi connectivity index (χ0) is 13.3. The number of alkyl halides is 1. The molecule has 6 nitrogen and oxygen atoms in total. The van der Waals surface area contributed by atoms with Gasteiger partial charge in [0.25, 0.3) is 0 Å². The van der Waals surface area contributed by atoms with E-state index >= 15 is 0 Å². The third kappa shape index (κ3) is 2.20. The van der Waals surface area contributed by atoms with Crippen LogP contribution in [0.2, 0.25) is 0 Å². The van der Waals surface area contributed by atoms with Gasteiger partial charge in [-0.25, -0.2) is 4.39 Å². The van der Waals surface area contributed by atoms with Crippen LogP contribution in [-0.2, 0) is 19.1 Å². The number of hydrogen-bond acceptors (Lipinski definition) is 5. The molecule has 2 heterocycles. The van der Waals surface area contributed by atoms with Crippen LogP contribution in [0.4, 0.5) is 4.39 Å². The minimum absolute atomic E-state index is 0.179. The molecule has 0 aliphatic carbocycles. The molecule has 0 spiro atoms. The second kappa shape index (κ2) is 5.19. The number of esters is 1. The fourth-order valence-corrected chi connectivity index (χ4v) is 2.50. The molecule has 2 saturated heterocycles. The summed E-state index contributed by atoms with van der Waals surface area (Å²) in [5.74, 6) is -1.58. The van der Waals surface area contributed by atoms with Gasteiger partial charge in [-0.05, 0) is 6.42 Å². The molecular formula is C11H17FN2O4. The molecule has 0 radical (unpaired) electrons. The summed E-state index contributed by atoms with van der Waals surface area (Å²) in [5, 5.41) is 2.90. The van der Waals surface area contributed by atoms with Gasteiger partial charge in [0.15, 0.2) is 0 Å². The fourth-order valence-electron chi connectivity index (χ4n) is 2.50. The van der Waals surface area contributed by atoms with Gasteiger partial charge in [0.1, 0.15) is 18.3 Å². The summed E-state index contributed by atoms with van der Waals surface area (Å²) in [6.45, 7) is 0.430. The molecule has 2 fully saturated rings. The van der Waals surface area contributed by atoms with Crippen LogP contribution in [0, 0.1) is 5.92 Å². The number of amides is 1. The first-order valence-electron chi connectivity index (χ1n) is 5.89. The van der Waals surface area contributed by atoms with Gasteiger partial charge in [-0.3, -0.25) is 14.9 Å². The normalized spacial score (nSPS) is 36.2. The predicted octanol–water partition coefficient (Wildman–Crippen LogP) is -0.362. The zero-order valence-corrected chi connectivity index (χ0v) is 10.4. The van der Waals surface area contributed by atoms with Gasteiger partial charge in [-0.15, -0.1) is 0 Å². The van der Waals surface area contributed by atoms with Crippen molar-refractivity contribution in [1.82, 2.24) is 10.2 Å². The van der Waals surface area contributed by atoms with Crippen molar-refractivity contribution < 1.29 is 23.5 Å². The Bertz CT molecular complexity index is 352. The van der Waals surface area contributed by atoms with Gasteiger partial charge in [0, 0.05) is 20.1 Å². The van der Waals surface area contributed by atoms with Gasteiger partial charge in [-0.1, -0.05) is 0 Å². The summed E-state index contributed by atoms with van der Waals surface area (Å²) < 4.78 is 23.0. The number of carbonyl (C=O) groups is 2. The number of carbonyl (C=O) groups excluding carboxylic acids is 2. The minimum atomic E-state index is -1.15. The fraction of sp³-hybridized carbons (Fsp3) is 0.818. The number of methoxy groups -OCH3 is 2. The van der Waals surface area contributed by atoms with Crippen molar-refractivity contribution in [2.75, 3.05) is 20.8 Å². The number of halogens is 1. The van der Waals surface area contributed by atoms with Crippen LogP contribution >= 0.6 is 0 Å². The van der Waals surface area contributed by atoms with Gasteiger partial charge in [0.2, 0.25) is 5.91 Å². The third-order valence-electron chi connectivity index (χ3n) is 3.49. The van der Waals surface area contributed by atoms with E-state index in [-0.39, 0.29) is 12.3 Å². The van der Waals surface area contributed by atoms with E-state index in [2.05, 4.69) is 10.1 Å². The van der Waals surface area contributed by atoms with Crippen LogP contribution in [0.1, 0.15) is 12.8 Å². The Labute approximate surface area is 104 Å². The van der Waals surface area contributed by atoms with Crippen molar-refractivity contribution in [3.05, 3.63) is 0 Å². The van der Waals surface area contributed by atoms with E-state index in [1.165, 1.54) is 19.1 Å². The smallest absolute Gasteiger partial charge is 0.318 e. The Morgan fingerprint density at radius 3 is 2.78 bits per heavy atom. The van der Waals surface area contributed by atoms with E-state index in [1.54, 1.807) is 0 Å². The maximum absolute atomic E-state index is 13.5. The van der Waals surface area contributed by atoms with E-state index in [4.69, 9.17) is 4.74 Å². The van der Waals surface area contributed by atoms with Crippen molar-refractivity contribution in [3.8, 4) is 0 Å². The van der Waals surface area contributed by atoms with Crippen LogP contribution in [-0.4, -0.2) is 56.1 Å². The van der Waals surface area contributed by atoms with Crippen LogP contribution in [0.25, 0.3) is 0 Å². The Balaban J connectivity index is 2.00. The SMILES string of the molecule is COC(=O)[C@H]1CCN(C2C[C@@H](F)C(OC)N2)C1=O. The van der Waals surface area contributed by atoms with Crippen molar-refractivity contribution >= 4 is 11.9 Å². The van der Waals surface area contributed by atoms with Gasteiger partial charge in [0.05, 0.1) is 13.3 Å². The molecule has 4 atom stereocenters. The highest BCUT2D eigenvalue weighted by molar-refractivity contribution is 5.99. The largest absolute Gasteiger partial charge is 0.468 e. The molecule has 18 heavy (non-hydrogen) atoms. The number of hydrogen-bond donors (Lipinski definition) is 1. The molecule has 7 heteroatoms. The van der Waals surface area contributed by atoms with Crippen molar-refractivity contribution in [2.45, 2.75) is 31.4 Å². The highest BCUT2D eigenvalue weighted by Gasteiger charge is 2.45. The van der Waals surface area contributed by atoms with Crippen molar-refractivity contribution in [2.24, 2.45) is 5.92 Å². The molecule has 2 unspecified atom stereocenters. The lowest BCUT2D eigenvalue weighted by Crippen LogP contribution is -2.46. The van der Waals surface area contributed by atoms with Gasteiger partial charge < -0.3 is 14.4 Å². The summed E-state index contributed by atoms with van der Waals surface area (Å²) in [4.78, 5) is 24.9. The number of nitrogens with zero attached hydrogens (tertiary/aromatic N) is 1. The Morgan fingerprint density at radius 2 is 2.22 bits per heavy atom. The number of likely N-dealkylation sites (tertiary alicyclic amines) is 1. The summed E-state index contributed by atoms with van der Waals surface area (Å²) in [7, 11) is 2.67. The maximum atomic E-state index is 13.5. The first kappa shape index (κ1) is 13.2. The molecule has 0 saturated carbocycles. The van der Waals surface area contributed by atoms with E-state index in [0.717, 1.165) is 0 Å². The highest BCUT2D eigenvalue weighted by Crippen LogP contribution is 2.27. The Hall–Kier alpha value is -1.21. The maximum Gasteiger partial charge on any atom is 0.318 e. The van der Waals surface area contributed by atoms with E-state index < -0.39 is 30.5 Å². The van der Waals surface area contributed by atoms with Crippen molar-refractivity contribution in [1.29, 1.82) is 0 Å². The molecule has 0 aromatic carbocycles. The first-order chi connectivity index (χ1) is 8.58. The highest BCUT2D eigenvalue weighted by atomic mass is 19.1. The topological polar surface area (TPSA) is 67.9 Å². The monoisotopic (exact) mass is 260 g/mol. The summed E-state index contributed by atoms with van der Waals surface area (Å²) in [6.07, 6.45) is -1.66. The Kier molecular flexibility index (Phi) is 3.82. The molecule has 0 bridgehead atoms. The molecule has 1 amide bonds. The van der Waals surface area contributed by atoms with E-state index in [0.29, 0.717) is 13.0 Å². The standard InChI is InChI=1S/C11H17FN2O4/c1-17-9-7(12)5-8(13-9)14-4-3-6(10(14)15)11(16)18-2/h6-9,13H,3-5H2,1-2H3/t6-,7+,8?,9?/m0/s1. The molecule has 102 valence electrons. The third-order valence-corrected chi connectivity index (χ3v) is 3.49. The second-order valence-electron chi connectivity index (χ2n) is 4.49. The zero-order valence-electron chi connectivity index (χ0n) is 10.4. The van der Waals surface area contributed by atoms with E-state index in [9.17, 15) is 14.0 Å². The lowest BCUT2D eigenvalue weighted by molar-refractivity contribution is -0.151. The Morgan fingerprint density at radius 1 is 1.50 bits per heavy atom. The first-order valence-corrected chi connectivity index (χ1v) is 5.89. The quantitative estimate of drug-likeness (QED) is 0.554. The van der Waals surface area contributed by atoms with Crippen LogP contribution in [0.5, 0.6) is 0 Å². The average molecular weight is 260 g/mol. The summed E-state index contributed by atoms with van der Waals surface area (Å²) in [6, 6.07) is 0. The lowest BCUT2D eigenvalue weighted by Gasteiger charge is -2.24. The molecule has 1 N–H and O–H groups in total. The molecular weight excluding hydrogens is 243 g/mol.